The molecule has 0 aliphatic carbocycles. The van der Waals surface area contributed by atoms with Crippen molar-refractivity contribution in [1.29, 1.82) is 0 Å². The molecule has 2 nitrogen and oxygen atoms in total. The second-order valence-corrected chi connectivity index (χ2v) is 3.45. The Balaban J connectivity index is 2.50. The van der Waals surface area contributed by atoms with Gasteiger partial charge in [-0.25, -0.2) is 4.39 Å². The topological polar surface area (TPSA) is 22.0 Å². The highest BCUT2D eigenvalue weighted by Crippen LogP contribution is 2.19. The number of rotatable bonds is 2. The number of pyridine rings is 1. The maximum Gasteiger partial charge on any atom is 0.321 e. The van der Waals surface area contributed by atoms with E-state index >= 15 is 0 Å². The summed E-state index contributed by atoms with van der Waals surface area (Å²) in [4.78, 5) is 11.1. The third-order valence-electron chi connectivity index (χ3n) is 2.33. The average molecular weight is 239 g/mol. The van der Waals surface area contributed by atoms with Gasteiger partial charge < -0.3 is 0 Å². The molecule has 0 bridgehead atoms. The van der Waals surface area contributed by atoms with Crippen LogP contribution in [0.4, 0.5) is 13.2 Å². The Morgan fingerprint density at radius 1 is 0.941 bits per heavy atom. The Morgan fingerprint density at radius 3 is 2.12 bits per heavy atom. The quantitative estimate of drug-likeness (QED) is 0.789. The predicted molar refractivity (Wildman–Crippen MR) is 57.3 cm³/mol. The van der Waals surface area contributed by atoms with Crippen LogP contribution in [0.2, 0.25) is 0 Å². The van der Waals surface area contributed by atoms with Crippen LogP contribution in [0, 0.1) is 5.82 Å². The lowest BCUT2D eigenvalue weighted by molar-refractivity contribution is 0.0665. The summed E-state index contributed by atoms with van der Waals surface area (Å²) in [5, 5.41) is 0. The third-order valence-corrected chi connectivity index (χ3v) is 2.33. The molecule has 0 N–H and O–H groups in total. The first-order valence-corrected chi connectivity index (χ1v) is 4.84. The van der Waals surface area contributed by atoms with Gasteiger partial charge >= 0.3 is 6.55 Å². The second-order valence-electron chi connectivity index (χ2n) is 3.45. The third kappa shape index (κ3) is 2.38. The van der Waals surface area contributed by atoms with Crippen LogP contribution in [0.25, 0.3) is 11.1 Å². The maximum atomic E-state index is 12.7. The molecule has 2 aromatic rings. The Hall–Kier alpha value is -2.04. The van der Waals surface area contributed by atoms with Gasteiger partial charge in [0.25, 0.3) is 5.56 Å². The SMILES string of the molecule is O=c1ccc(-c2ccc(F)cc2)cn1C(F)F. The molecule has 0 aliphatic rings. The molecule has 1 aromatic carbocycles. The minimum absolute atomic E-state index is 0.332. The summed E-state index contributed by atoms with van der Waals surface area (Å²) in [5.74, 6) is -0.407. The van der Waals surface area contributed by atoms with Gasteiger partial charge in [-0.05, 0) is 29.3 Å². The molecular formula is C12H8F3NO. The standard InChI is InChI=1S/C12H8F3NO/c13-10-4-1-8(2-5-10)9-3-6-11(17)16(7-9)12(14)15/h1-7,12H. The number of nitrogens with zero attached hydrogens (tertiary/aromatic N) is 1. The molecule has 88 valence electrons. The summed E-state index contributed by atoms with van der Waals surface area (Å²) in [6.07, 6.45) is 1.06. The molecule has 5 heteroatoms. The number of halogens is 3. The smallest absolute Gasteiger partial charge is 0.269 e. The van der Waals surface area contributed by atoms with Crippen LogP contribution in [0.3, 0.4) is 0 Å². The fourth-order valence-corrected chi connectivity index (χ4v) is 1.47. The lowest BCUT2D eigenvalue weighted by atomic mass is 10.1. The van der Waals surface area contributed by atoms with E-state index in [1.807, 2.05) is 0 Å². The van der Waals surface area contributed by atoms with E-state index < -0.39 is 17.9 Å². The number of hydrogen-bond donors (Lipinski definition) is 0. The minimum Gasteiger partial charge on any atom is -0.269 e. The van der Waals surface area contributed by atoms with Gasteiger partial charge in [-0.2, -0.15) is 8.78 Å². The van der Waals surface area contributed by atoms with Gasteiger partial charge in [-0.1, -0.05) is 12.1 Å². The Labute approximate surface area is 94.9 Å². The minimum atomic E-state index is -2.89. The molecule has 0 fully saturated rings. The van der Waals surface area contributed by atoms with E-state index in [9.17, 15) is 18.0 Å². The largest absolute Gasteiger partial charge is 0.321 e. The van der Waals surface area contributed by atoms with Crippen LogP contribution in [-0.2, 0) is 0 Å². The Bertz CT molecular complexity index is 575. The predicted octanol–water partition coefficient (Wildman–Crippen LogP) is 3.05. The van der Waals surface area contributed by atoms with Crippen LogP contribution in [-0.4, -0.2) is 4.57 Å². The molecule has 0 saturated heterocycles. The van der Waals surface area contributed by atoms with E-state index in [1.165, 1.54) is 30.3 Å². The molecule has 0 aliphatic heterocycles. The van der Waals surface area contributed by atoms with Crippen LogP contribution in [0.1, 0.15) is 6.55 Å². The van der Waals surface area contributed by atoms with Gasteiger partial charge in [0.2, 0.25) is 0 Å². The lowest BCUT2D eigenvalue weighted by Crippen LogP contribution is -2.18. The molecular weight excluding hydrogens is 231 g/mol. The number of alkyl halides is 2. The fraction of sp³-hybridized carbons (Fsp3) is 0.0833. The van der Waals surface area contributed by atoms with Crippen molar-refractivity contribution >= 4 is 0 Å². The van der Waals surface area contributed by atoms with E-state index in [-0.39, 0.29) is 0 Å². The lowest BCUT2D eigenvalue weighted by Gasteiger charge is -2.07. The van der Waals surface area contributed by atoms with E-state index in [2.05, 4.69) is 0 Å². The van der Waals surface area contributed by atoms with Crippen molar-refractivity contribution in [2.24, 2.45) is 0 Å². The average Bonchev–Trinajstić information content (AvgIpc) is 2.30. The van der Waals surface area contributed by atoms with Crippen molar-refractivity contribution in [3.63, 3.8) is 0 Å². The number of aromatic nitrogens is 1. The Kier molecular flexibility index (Phi) is 2.99. The highest BCUT2D eigenvalue weighted by Gasteiger charge is 2.08. The molecule has 0 spiro atoms. The highest BCUT2D eigenvalue weighted by molar-refractivity contribution is 5.62. The summed E-state index contributed by atoms with van der Waals surface area (Å²) < 4.78 is 38.0. The summed E-state index contributed by atoms with van der Waals surface area (Å²) in [5.41, 5.74) is 0.233. The Morgan fingerprint density at radius 2 is 1.53 bits per heavy atom. The van der Waals surface area contributed by atoms with E-state index in [0.29, 0.717) is 15.7 Å². The molecule has 1 heterocycles. The van der Waals surface area contributed by atoms with Gasteiger partial charge in [-0.3, -0.25) is 9.36 Å². The van der Waals surface area contributed by atoms with E-state index in [1.54, 1.807) is 0 Å². The van der Waals surface area contributed by atoms with Crippen molar-refractivity contribution in [3.8, 4) is 11.1 Å². The normalized spacial score (nSPS) is 10.8. The molecule has 1 aromatic heterocycles. The number of benzene rings is 1. The van der Waals surface area contributed by atoms with Gasteiger partial charge in [0.1, 0.15) is 5.82 Å². The fourth-order valence-electron chi connectivity index (χ4n) is 1.47. The summed E-state index contributed by atoms with van der Waals surface area (Å²) in [7, 11) is 0. The molecule has 2 rings (SSSR count). The monoisotopic (exact) mass is 239 g/mol. The number of hydrogen-bond acceptors (Lipinski definition) is 1. The van der Waals surface area contributed by atoms with E-state index in [0.717, 1.165) is 12.3 Å². The zero-order chi connectivity index (χ0) is 12.4. The van der Waals surface area contributed by atoms with Crippen molar-refractivity contribution in [2.45, 2.75) is 6.55 Å². The van der Waals surface area contributed by atoms with Crippen LogP contribution < -0.4 is 5.56 Å². The van der Waals surface area contributed by atoms with Crippen LogP contribution in [0.5, 0.6) is 0 Å². The van der Waals surface area contributed by atoms with Gasteiger partial charge in [0, 0.05) is 12.3 Å². The van der Waals surface area contributed by atoms with Gasteiger partial charge in [0.05, 0.1) is 0 Å². The van der Waals surface area contributed by atoms with Crippen molar-refractivity contribution in [3.05, 3.63) is 58.8 Å². The first-order valence-electron chi connectivity index (χ1n) is 4.84. The molecule has 0 unspecified atom stereocenters. The summed E-state index contributed by atoms with van der Waals surface area (Å²) in [6.45, 7) is -2.89. The summed E-state index contributed by atoms with van der Waals surface area (Å²) in [6, 6.07) is 7.87. The molecule has 0 radical (unpaired) electrons. The zero-order valence-electron chi connectivity index (χ0n) is 8.61. The molecule has 17 heavy (non-hydrogen) atoms. The van der Waals surface area contributed by atoms with Crippen LogP contribution in [0.15, 0.2) is 47.4 Å². The molecule has 0 amide bonds. The van der Waals surface area contributed by atoms with Gasteiger partial charge in [0.15, 0.2) is 0 Å². The first-order chi connectivity index (χ1) is 8.08. The second kappa shape index (κ2) is 4.45. The molecule has 0 atom stereocenters. The van der Waals surface area contributed by atoms with Crippen LogP contribution >= 0.6 is 0 Å². The zero-order valence-corrected chi connectivity index (χ0v) is 8.61. The summed E-state index contributed by atoms with van der Waals surface area (Å²) >= 11 is 0. The first kappa shape index (κ1) is 11.4. The van der Waals surface area contributed by atoms with Crippen molar-refractivity contribution in [1.82, 2.24) is 4.57 Å². The molecule has 0 saturated carbocycles. The van der Waals surface area contributed by atoms with E-state index in [4.69, 9.17) is 0 Å². The van der Waals surface area contributed by atoms with Crippen molar-refractivity contribution < 1.29 is 13.2 Å². The van der Waals surface area contributed by atoms with Crippen molar-refractivity contribution in [2.75, 3.05) is 0 Å². The van der Waals surface area contributed by atoms with Gasteiger partial charge in [-0.15, -0.1) is 0 Å². The maximum absolute atomic E-state index is 12.7. The highest BCUT2D eigenvalue weighted by atomic mass is 19.3.